The van der Waals surface area contributed by atoms with Gasteiger partial charge in [0.1, 0.15) is 10.7 Å². The minimum absolute atomic E-state index is 0.0603. The van der Waals surface area contributed by atoms with Crippen molar-refractivity contribution in [2.75, 3.05) is 14.2 Å². The molecule has 1 unspecified atom stereocenters. The zero-order chi connectivity index (χ0) is 17.9. The van der Waals surface area contributed by atoms with Gasteiger partial charge < -0.3 is 19.9 Å². The van der Waals surface area contributed by atoms with Crippen LogP contribution < -0.4 is 14.8 Å². The average molecular weight is 353 g/mol. The molecular weight excluding hydrogens is 337 g/mol. The van der Waals surface area contributed by atoms with Gasteiger partial charge in [-0.2, -0.15) is 0 Å². The standard InChI is InChI=1S/C16H16FNO5S/c1-8(9-6-11(22-2)12(23-3)7-10(9)17)18-15(19)13-4-5-14(24-13)16(20)21/h4-8H,1-3H3,(H,18,19)(H,20,21). The van der Waals surface area contributed by atoms with Gasteiger partial charge in [0.2, 0.25) is 0 Å². The normalized spacial score (nSPS) is 11.7. The van der Waals surface area contributed by atoms with Crippen LogP contribution in [0.5, 0.6) is 11.5 Å². The summed E-state index contributed by atoms with van der Waals surface area (Å²) in [6, 6.07) is 4.76. The van der Waals surface area contributed by atoms with Gasteiger partial charge in [0.25, 0.3) is 5.91 Å². The van der Waals surface area contributed by atoms with Crippen LogP contribution in [-0.2, 0) is 0 Å². The maximum absolute atomic E-state index is 14.2. The van der Waals surface area contributed by atoms with Gasteiger partial charge in [-0.15, -0.1) is 11.3 Å². The van der Waals surface area contributed by atoms with Crippen molar-refractivity contribution in [3.05, 3.63) is 45.4 Å². The Labute approximate surface area is 141 Å². The predicted octanol–water partition coefficient (Wildman–Crippen LogP) is 3.09. The zero-order valence-electron chi connectivity index (χ0n) is 13.3. The molecule has 0 bridgehead atoms. The molecule has 8 heteroatoms. The summed E-state index contributed by atoms with van der Waals surface area (Å²) in [6.07, 6.45) is 0. The Morgan fingerprint density at radius 3 is 2.29 bits per heavy atom. The van der Waals surface area contributed by atoms with Crippen molar-refractivity contribution in [2.24, 2.45) is 0 Å². The lowest BCUT2D eigenvalue weighted by Crippen LogP contribution is -2.26. The molecule has 0 aliphatic heterocycles. The van der Waals surface area contributed by atoms with Gasteiger partial charge in [0.15, 0.2) is 11.5 Å². The molecule has 2 rings (SSSR count). The molecule has 1 aromatic heterocycles. The van der Waals surface area contributed by atoms with Crippen LogP contribution in [0.4, 0.5) is 4.39 Å². The fourth-order valence-electron chi connectivity index (χ4n) is 2.12. The summed E-state index contributed by atoms with van der Waals surface area (Å²) in [7, 11) is 2.83. The van der Waals surface area contributed by atoms with Crippen molar-refractivity contribution in [3.8, 4) is 11.5 Å². The number of benzene rings is 1. The van der Waals surface area contributed by atoms with E-state index in [1.807, 2.05) is 0 Å². The van der Waals surface area contributed by atoms with Gasteiger partial charge >= 0.3 is 5.97 Å². The highest BCUT2D eigenvalue weighted by Crippen LogP contribution is 2.32. The number of carbonyl (C=O) groups excluding carboxylic acids is 1. The van der Waals surface area contributed by atoms with Crippen LogP contribution in [0.2, 0.25) is 0 Å². The number of nitrogens with one attached hydrogen (secondary N) is 1. The van der Waals surface area contributed by atoms with E-state index in [4.69, 9.17) is 14.6 Å². The van der Waals surface area contributed by atoms with Crippen LogP contribution in [0.15, 0.2) is 24.3 Å². The number of methoxy groups -OCH3 is 2. The molecule has 1 aromatic carbocycles. The van der Waals surface area contributed by atoms with Crippen molar-refractivity contribution >= 4 is 23.2 Å². The first kappa shape index (κ1) is 17.7. The molecule has 1 heterocycles. The second-order valence-electron chi connectivity index (χ2n) is 4.89. The first-order valence-corrected chi connectivity index (χ1v) is 7.74. The number of aromatic carboxylic acids is 1. The molecule has 0 spiro atoms. The fourth-order valence-corrected chi connectivity index (χ4v) is 2.87. The second kappa shape index (κ2) is 7.31. The summed E-state index contributed by atoms with van der Waals surface area (Å²) < 4.78 is 24.4. The van der Waals surface area contributed by atoms with Gasteiger partial charge in [-0.25, -0.2) is 9.18 Å². The number of carbonyl (C=O) groups is 2. The third-order valence-corrected chi connectivity index (χ3v) is 4.43. The number of hydrogen-bond donors (Lipinski definition) is 2. The number of carboxylic acids is 1. The van der Waals surface area contributed by atoms with E-state index < -0.39 is 23.7 Å². The number of rotatable bonds is 6. The second-order valence-corrected chi connectivity index (χ2v) is 5.98. The maximum Gasteiger partial charge on any atom is 0.345 e. The molecule has 1 amide bonds. The van der Waals surface area contributed by atoms with Crippen LogP contribution in [0.3, 0.4) is 0 Å². The van der Waals surface area contributed by atoms with Gasteiger partial charge in [-0.05, 0) is 25.1 Å². The Kier molecular flexibility index (Phi) is 5.40. The van der Waals surface area contributed by atoms with E-state index in [0.29, 0.717) is 5.75 Å². The highest BCUT2D eigenvalue weighted by Gasteiger charge is 2.20. The molecule has 6 nitrogen and oxygen atoms in total. The minimum Gasteiger partial charge on any atom is -0.493 e. The quantitative estimate of drug-likeness (QED) is 0.834. The smallest absolute Gasteiger partial charge is 0.345 e. The van der Waals surface area contributed by atoms with Crippen LogP contribution in [0.1, 0.15) is 37.9 Å². The number of carboxylic acid groups (broad SMARTS) is 1. The number of halogens is 1. The van der Waals surface area contributed by atoms with Crippen LogP contribution in [-0.4, -0.2) is 31.2 Å². The van der Waals surface area contributed by atoms with E-state index in [-0.39, 0.29) is 21.1 Å². The lowest BCUT2D eigenvalue weighted by molar-refractivity contribution is 0.0702. The topological polar surface area (TPSA) is 84.9 Å². The Morgan fingerprint density at radius 2 is 1.75 bits per heavy atom. The molecular formula is C16H16FNO5S. The van der Waals surface area contributed by atoms with Crippen LogP contribution >= 0.6 is 11.3 Å². The summed E-state index contributed by atoms with van der Waals surface area (Å²) in [5.74, 6) is -1.52. The lowest BCUT2D eigenvalue weighted by atomic mass is 10.1. The number of hydrogen-bond acceptors (Lipinski definition) is 5. The first-order valence-electron chi connectivity index (χ1n) is 6.92. The third-order valence-electron chi connectivity index (χ3n) is 3.36. The maximum atomic E-state index is 14.2. The molecule has 0 aliphatic rings. The van der Waals surface area contributed by atoms with Crippen LogP contribution in [0, 0.1) is 5.82 Å². The Bertz CT molecular complexity index is 774. The van der Waals surface area contributed by atoms with Crippen LogP contribution in [0.25, 0.3) is 0 Å². The highest BCUT2D eigenvalue weighted by molar-refractivity contribution is 7.15. The fraction of sp³-hybridized carbons (Fsp3) is 0.250. The first-order chi connectivity index (χ1) is 11.4. The molecule has 2 aromatic rings. The molecule has 24 heavy (non-hydrogen) atoms. The third kappa shape index (κ3) is 3.65. The molecule has 2 N–H and O–H groups in total. The zero-order valence-corrected chi connectivity index (χ0v) is 14.1. The van der Waals surface area contributed by atoms with Crippen molar-refractivity contribution in [2.45, 2.75) is 13.0 Å². The van der Waals surface area contributed by atoms with Gasteiger partial charge in [0, 0.05) is 11.6 Å². The minimum atomic E-state index is -1.10. The summed E-state index contributed by atoms with van der Waals surface area (Å²) in [5.41, 5.74) is 0.232. The van der Waals surface area contributed by atoms with Crippen molar-refractivity contribution in [3.63, 3.8) is 0 Å². The monoisotopic (exact) mass is 353 g/mol. The summed E-state index contributed by atoms with van der Waals surface area (Å²) in [4.78, 5) is 23.3. The van der Waals surface area contributed by atoms with E-state index >= 15 is 0 Å². The lowest BCUT2D eigenvalue weighted by Gasteiger charge is -2.17. The van der Waals surface area contributed by atoms with Crippen molar-refractivity contribution < 1.29 is 28.6 Å². The summed E-state index contributed by atoms with van der Waals surface area (Å²) >= 11 is 0.854. The van der Waals surface area contributed by atoms with E-state index in [9.17, 15) is 14.0 Å². The van der Waals surface area contributed by atoms with E-state index in [1.165, 1.54) is 38.5 Å². The number of amides is 1. The average Bonchev–Trinajstić information content (AvgIpc) is 3.04. The summed E-state index contributed by atoms with van der Waals surface area (Å²) in [5, 5.41) is 11.5. The summed E-state index contributed by atoms with van der Waals surface area (Å²) in [6.45, 7) is 1.62. The molecule has 0 aliphatic carbocycles. The SMILES string of the molecule is COc1cc(F)c(C(C)NC(=O)c2ccc(C(=O)O)s2)cc1OC. The van der Waals surface area contributed by atoms with Gasteiger partial charge in [-0.3, -0.25) is 4.79 Å². The molecule has 0 radical (unpaired) electrons. The Morgan fingerprint density at radius 1 is 1.17 bits per heavy atom. The highest BCUT2D eigenvalue weighted by atomic mass is 32.1. The van der Waals surface area contributed by atoms with Gasteiger partial charge in [-0.1, -0.05) is 0 Å². The molecule has 1 atom stereocenters. The molecule has 0 saturated heterocycles. The Hall–Kier alpha value is -2.61. The molecule has 0 saturated carbocycles. The van der Waals surface area contributed by atoms with Crippen molar-refractivity contribution in [1.82, 2.24) is 5.32 Å². The largest absolute Gasteiger partial charge is 0.493 e. The molecule has 0 fully saturated rings. The van der Waals surface area contributed by atoms with E-state index in [0.717, 1.165) is 11.3 Å². The van der Waals surface area contributed by atoms with Gasteiger partial charge in [0.05, 0.1) is 25.1 Å². The Balaban J connectivity index is 2.20. The number of ether oxygens (including phenoxy) is 2. The van der Waals surface area contributed by atoms with E-state index in [1.54, 1.807) is 6.92 Å². The van der Waals surface area contributed by atoms with Crippen molar-refractivity contribution in [1.29, 1.82) is 0 Å². The van der Waals surface area contributed by atoms with E-state index in [2.05, 4.69) is 5.32 Å². The predicted molar refractivity (Wildman–Crippen MR) is 86.7 cm³/mol. The number of thiophene rings is 1. The molecule has 128 valence electrons.